The van der Waals surface area contributed by atoms with Gasteiger partial charge >= 0.3 is 5.69 Å². The number of nitrogens with zero attached hydrogens (tertiary/aromatic N) is 2. The average molecular weight is 297 g/mol. The Morgan fingerprint density at radius 1 is 1.57 bits per heavy atom. The molecular weight excluding hydrogens is 277 g/mol. The number of piperidine rings is 1. The molecule has 0 aromatic heterocycles. The van der Waals surface area contributed by atoms with Gasteiger partial charge in [0.25, 0.3) is 0 Å². The molecular formula is C14H20FN3O3. The first-order valence-electron chi connectivity index (χ1n) is 7.06. The van der Waals surface area contributed by atoms with Gasteiger partial charge in [0, 0.05) is 18.7 Å². The summed E-state index contributed by atoms with van der Waals surface area (Å²) in [6.07, 6.45) is 2.01. The molecule has 1 fully saturated rings. The predicted molar refractivity (Wildman–Crippen MR) is 78.4 cm³/mol. The Kier molecular flexibility index (Phi) is 4.95. The monoisotopic (exact) mass is 297 g/mol. The summed E-state index contributed by atoms with van der Waals surface area (Å²) >= 11 is 0. The molecule has 1 saturated heterocycles. The van der Waals surface area contributed by atoms with Crippen molar-refractivity contribution in [2.75, 3.05) is 32.1 Å². The van der Waals surface area contributed by atoms with E-state index in [2.05, 4.69) is 17.1 Å². The fourth-order valence-corrected chi connectivity index (χ4v) is 2.64. The van der Waals surface area contributed by atoms with E-state index < -0.39 is 10.7 Å². The lowest BCUT2D eigenvalue weighted by molar-refractivity contribution is -0.385. The van der Waals surface area contributed by atoms with Crippen LogP contribution in [0.3, 0.4) is 0 Å². The number of halogens is 1. The van der Waals surface area contributed by atoms with Crippen LogP contribution in [0.4, 0.5) is 15.8 Å². The largest absolute Gasteiger partial charge is 0.490 e. The quantitative estimate of drug-likeness (QED) is 0.668. The Hall–Kier alpha value is -1.89. The topological polar surface area (TPSA) is 67.6 Å². The van der Waals surface area contributed by atoms with E-state index in [1.165, 1.54) is 13.2 Å². The first-order valence-corrected chi connectivity index (χ1v) is 7.06. The number of nitro groups is 1. The molecule has 116 valence electrons. The Balaban J connectivity index is 2.18. The Bertz CT molecular complexity index is 524. The molecule has 7 heteroatoms. The third-order valence-corrected chi connectivity index (χ3v) is 3.78. The number of ether oxygens (including phenoxy) is 1. The molecule has 1 aliphatic heterocycles. The Morgan fingerprint density at radius 3 is 2.95 bits per heavy atom. The van der Waals surface area contributed by atoms with Crippen molar-refractivity contribution in [3.05, 3.63) is 28.1 Å². The molecule has 0 bridgehead atoms. The minimum Gasteiger partial charge on any atom is -0.490 e. The van der Waals surface area contributed by atoms with Crippen LogP contribution >= 0.6 is 0 Å². The molecule has 21 heavy (non-hydrogen) atoms. The zero-order chi connectivity index (χ0) is 15.4. The summed E-state index contributed by atoms with van der Waals surface area (Å²) in [7, 11) is 1.34. The Morgan fingerprint density at radius 2 is 2.33 bits per heavy atom. The van der Waals surface area contributed by atoms with E-state index >= 15 is 0 Å². The summed E-state index contributed by atoms with van der Waals surface area (Å²) in [6.45, 7) is 4.96. The van der Waals surface area contributed by atoms with Crippen molar-refractivity contribution < 1.29 is 14.1 Å². The fraction of sp³-hybridized carbons (Fsp3) is 0.571. The Labute approximate surface area is 123 Å². The smallest absolute Gasteiger partial charge is 0.313 e. The fourth-order valence-electron chi connectivity index (χ4n) is 2.64. The van der Waals surface area contributed by atoms with Crippen LogP contribution in [-0.2, 0) is 0 Å². The first-order chi connectivity index (χ1) is 10.0. The van der Waals surface area contributed by atoms with Gasteiger partial charge in [-0.2, -0.15) is 0 Å². The maximum absolute atomic E-state index is 14.0. The molecule has 6 nitrogen and oxygen atoms in total. The van der Waals surface area contributed by atoms with Crippen LogP contribution < -0.4 is 10.1 Å². The van der Waals surface area contributed by atoms with Gasteiger partial charge < -0.3 is 15.0 Å². The standard InChI is InChI=1S/C14H20FN3O3/c1-3-17-6-4-5-10(9-17)16-12-8-14(21-2)13(18(19)20)7-11(12)15/h7-8,10,16H,3-6,9H2,1-2H3. The molecule has 1 unspecified atom stereocenters. The van der Waals surface area contributed by atoms with E-state index in [0.717, 1.165) is 38.5 Å². The number of benzene rings is 1. The molecule has 1 N–H and O–H groups in total. The molecule has 1 atom stereocenters. The maximum atomic E-state index is 14.0. The van der Waals surface area contributed by atoms with Gasteiger partial charge in [0.05, 0.1) is 23.8 Å². The van der Waals surface area contributed by atoms with E-state index in [4.69, 9.17) is 4.74 Å². The number of hydrogen-bond acceptors (Lipinski definition) is 5. The van der Waals surface area contributed by atoms with Gasteiger partial charge in [-0.05, 0) is 25.9 Å². The average Bonchev–Trinajstić information content (AvgIpc) is 2.49. The second-order valence-electron chi connectivity index (χ2n) is 5.14. The number of likely N-dealkylation sites (N-methyl/N-ethyl adjacent to an activating group) is 1. The number of methoxy groups -OCH3 is 1. The van der Waals surface area contributed by atoms with Crippen LogP contribution in [0.2, 0.25) is 0 Å². The summed E-state index contributed by atoms with van der Waals surface area (Å²) < 4.78 is 19.0. The van der Waals surface area contributed by atoms with E-state index in [0.29, 0.717) is 0 Å². The second kappa shape index (κ2) is 6.71. The third-order valence-electron chi connectivity index (χ3n) is 3.78. The van der Waals surface area contributed by atoms with E-state index in [1.54, 1.807) is 0 Å². The lowest BCUT2D eigenvalue weighted by Crippen LogP contribution is -2.41. The van der Waals surface area contributed by atoms with Crippen molar-refractivity contribution in [1.29, 1.82) is 0 Å². The van der Waals surface area contributed by atoms with Crippen molar-refractivity contribution in [3.63, 3.8) is 0 Å². The van der Waals surface area contributed by atoms with Crippen molar-refractivity contribution in [3.8, 4) is 5.75 Å². The molecule has 0 radical (unpaired) electrons. The molecule has 1 heterocycles. The zero-order valence-electron chi connectivity index (χ0n) is 12.3. The molecule has 0 saturated carbocycles. The van der Waals surface area contributed by atoms with Crippen LogP contribution in [0, 0.1) is 15.9 Å². The molecule has 2 rings (SSSR count). The van der Waals surface area contributed by atoms with Crippen molar-refractivity contribution in [1.82, 2.24) is 4.90 Å². The van der Waals surface area contributed by atoms with Crippen LogP contribution in [0.15, 0.2) is 12.1 Å². The molecule has 0 aliphatic carbocycles. The van der Waals surface area contributed by atoms with E-state index in [9.17, 15) is 14.5 Å². The summed E-state index contributed by atoms with van der Waals surface area (Å²) in [5, 5.41) is 14.0. The maximum Gasteiger partial charge on any atom is 0.313 e. The number of nitro benzene ring substituents is 1. The second-order valence-corrected chi connectivity index (χ2v) is 5.14. The van der Waals surface area contributed by atoms with Gasteiger partial charge in [-0.15, -0.1) is 0 Å². The minimum atomic E-state index is -0.648. The minimum absolute atomic E-state index is 0.0621. The number of nitrogens with one attached hydrogen (secondary N) is 1. The van der Waals surface area contributed by atoms with Gasteiger partial charge in [0.1, 0.15) is 0 Å². The zero-order valence-corrected chi connectivity index (χ0v) is 12.3. The normalized spacial score (nSPS) is 19.3. The number of anilines is 1. The third kappa shape index (κ3) is 3.60. The number of rotatable bonds is 5. The van der Waals surface area contributed by atoms with Gasteiger partial charge in [-0.1, -0.05) is 6.92 Å². The predicted octanol–water partition coefficient (Wildman–Crippen LogP) is 2.64. The molecule has 1 aromatic rings. The number of hydrogen-bond donors (Lipinski definition) is 1. The lowest BCUT2D eigenvalue weighted by Gasteiger charge is -2.32. The molecule has 0 amide bonds. The highest BCUT2D eigenvalue weighted by molar-refractivity contribution is 5.59. The van der Waals surface area contributed by atoms with Gasteiger partial charge in [0.15, 0.2) is 11.6 Å². The SMILES string of the molecule is CCN1CCCC(Nc2cc(OC)c([N+](=O)[O-])cc2F)C1. The first kappa shape index (κ1) is 15.5. The van der Waals surface area contributed by atoms with E-state index in [1.807, 2.05) is 0 Å². The highest BCUT2D eigenvalue weighted by atomic mass is 19.1. The summed E-state index contributed by atoms with van der Waals surface area (Å²) in [6, 6.07) is 2.40. The van der Waals surface area contributed by atoms with Crippen LogP contribution in [0.5, 0.6) is 5.75 Å². The van der Waals surface area contributed by atoms with Crippen molar-refractivity contribution in [2.45, 2.75) is 25.8 Å². The highest BCUT2D eigenvalue weighted by Gasteiger charge is 2.23. The molecule has 1 aromatic carbocycles. The summed E-state index contributed by atoms with van der Waals surface area (Å²) in [5.74, 6) is -0.567. The summed E-state index contributed by atoms with van der Waals surface area (Å²) in [4.78, 5) is 12.5. The van der Waals surface area contributed by atoms with E-state index in [-0.39, 0.29) is 23.2 Å². The highest BCUT2D eigenvalue weighted by Crippen LogP contribution is 2.33. The summed E-state index contributed by atoms with van der Waals surface area (Å²) in [5.41, 5.74) is -0.111. The molecule has 0 spiro atoms. The lowest BCUT2D eigenvalue weighted by atomic mass is 10.1. The van der Waals surface area contributed by atoms with Gasteiger partial charge in [0.2, 0.25) is 0 Å². The van der Waals surface area contributed by atoms with Crippen molar-refractivity contribution >= 4 is 11.4 Å². The molecule has 1 aliphatic rings. The van der Waals surface area contributed by atoms with Gasteiger partial charge in [-0.25, -0.2) is 4.39 Å². The van der Waals surface area contributed by atoms with Crippen molar-refractivity contribution in [2.24, 2.45) is 0 Å². The van der Waals surface area contributed by atoms with Crippen LogP contribution in [0.25, 0.3) is 0 Å². The van der Waals surface area contributed by atoms with Crippen LogP contribution in [-0.4, -0.2) is 42.6 Å². The number of likely N-dealkylation sites (tertiary alicyclic amines) is 1. The van der Waals surface area contributed by atoms with Gasteiger partial charge in [-0.3, -0.25) is 10.1 Å². The van der Waals surface area contributed by atoms with Crippen LogP contribution in [0.1, 0.15) is 19.8 Å².